The molecule has 0 atom stereocenters. The summed E-state index contributed by atoms with van der Waals surface area (Å²) in [6.45, 7) is -0.392. The molecule has 0 aliphatic rings. The first-order valence-electron chi connectivity index (χ1n) is 9.49. The van der Waals surface area contributed by atoms with E-state index in [0.29, 0.717) is 21.4 Å². The second-order valence-electron chi connectivity index (χ2n) is 6.86. The average Bonchev–Trinajstić information content (AvgIpc) is 2.72. The molecular weight excluding hydrogens is 531 g/mol. The van der Waals surface area contributed by atoms with Crippen LogP contribution in [0.5, 0.6) is 0 Å². The second-order valence-corrected chi connectivity index (χ2v) is 10.8. The van der Waals surface area contributed by atoms with Gasteiger partial charge in [0, 0.05) is 14.1 Å². The van der Waals surface area contributed by atoms with E-state index in [0.717, 1.165) is 11.1 Å². The van der Waals surface area contributed by atoms with Gasteiger partial charge in [0.2, 0.25) is 0 Å². The molecule has 12 nitrogen and oxygen atoms in total. The Bertz CT molecular complexity index is 1190. The smallest absolute Gasteiger partial charge is 0.266 e. The van der Waals surface area contributed by atoms with Crippen molar-refractivity contribution in [1.29, 1.82) is 0 Å². The van der Waals surface area contributed by atoms with Crippen LogP contribution in [0, 0.1) is 0 Å². The van der Waals surface area contributed by atoms with Crippen molar-refractivity contribution in [1.82, 2.24) is 0 Å². The van der Waals surface area contributed by atoms with Crippen LogP contribution in [0.2, 0.25) is 10.0 Å². The summed E-state index contributed by atoms with van der Waals surface area (Å²) in [7, 11) is -5.04. The molecule has 34 heavy (non-hydrogen) atoms. The molecule has 0 fully saturated rings. The van der Waals surface area contributed by atoms with Gasteiger partial charge in [0.25, 0.3) is 20.2 Å². The Morgan fingerprint density at radius 3 is 1.38 bits per heavy atom. The van der Waals surface area contributed by atoms with Crippen molar-refractivity contribution in [3.63, 3.8) is 0 Å². The van der Waals surface area contributed by atoms with Crippen molar-refractivity contribution in [2.75, 3.05) is 48.7 Å². The summed E-state index contributed by atoms with van der Waals surface area (Å²) in [6.07, 6.45) is 0. The van der Waals surface area contributed by atoms with Crippen LogP contribution >= 0.6 is 23.2 Å². The van der Waals surface area contributed by atoms with E-state index >= 15 is 0 Å². The van der Waals surface area contributed by atoms with Crippen LogP contribution in [-0.4, -0.2) is 64.6 Å². The topological polar surface area (TPSA) is 165 Å². The average molecular weight is 553 g/mol. The molecule has 0 unspecified atom stereocenters. The highest BCUT2D eigenvalue weighted by atomic mass is 35.5. The van der Waals surface area contributed by atoms with Crippen LogP contribution in [0.3, 0.4) is 0 Å². The fourth-order valence-electron chi connectivity index (χ4n) is 2.59. The zero-order chi connectivity index (χ0) is 25.5. The Hall–Kier alpha value is -2.36. The van der Waals surface area contributed by atoms with Gasteiger partial charge in [0.15, 0.2) is 0 Å². The molecule has 186 valence electrons. The van der Waals surface area contributed by atoms with Gasteiger partial charge in [-0.05, 0) is 35.4 Å². The van der Waals surface area contributed by atoms with Crippen LogP contribution in [0.15, 0.2) is 57.1 Å². The van der Waals surface area contributed by atoms with Crippen LogP contribution in [0.1, 0.15) is 0 Å². The fourth-order valence-corrected chi connectivity index (χ4v) is 3.82. The second kappa shape index (κ2) is 11.9. The first kappa shape index (κ1) is 27.9. The van der Waals surface area contributed by atoms with E-state index in [1.807, 2.05) is 0 Å². The molecule has 0 aliphatic heterocycles. The summed E-state index contributed by atoms with van der Waals surface area (Å²) < 4.78 is 60.3. The summed E-state index contributed by atoms with van der Waals surface area (Å²) >= 11 is 12.8. The number of benzene rings is 2. The lowest BCUT2D eigenvalue weighted by Gasteiger charge is -2.16. The van der Waals surface area contributed by atoms with E-state index in [1.54, 1.807) is 50.5 Å². The van der Waals surface area contributed by atoms with Crippen molar-refractivity contribution in [3.05, 3.63) is 46.4 Å². The third-order valence-electron chi connectivity index (χ3n) is 4.22. The van der Waals surface area contributed by atoms with Crippen molar-refractivity contribution >= 4 is 54.8 Å². The van der Waals surface area contributed by atoms with Crippen molar-refractivity contribution < 1.29 is 25.9 Å². The van der Waals surface area contributed by atoms with Gasteiger partial charge in [0.05, 0.1) is 46.0 Å². The zero-order valence-corrected chi connectivity index (χ0v) is 21.2. The maximum Gasteiger partial charge on any atom is 0.266 e. The summed E-state index contributed by atoms with van der Waals surface area (Å²) in [4.78, 5) is 0. The molecular formula is C18H22Cl2N6O6S2. The number of rotatable bonds is 11. The largest absolute Gasteiger partial charge is 0.285 e. The van der Waals surface area contributed by atoms with Crippen molar-refractivity contribution in [2.45, 2.75) is 0 Å². The summed E-state index contributed by atoms with van der Waals surface area (Å²) in [5.74, 6) is -1.07. The van der Waals surface area contributed by atoms with Crippen LogP contribution < -0.4 is 10.0 Å². The third-order valence-corrected chi connectivity index (χ3v) is 6.22. The normalized spacial score (nSPS) is 12.5. The molecule has 2 rings (SSSR count). The number of halogens is 2. The highest BCUT2D eigenvalue weighted by Crippen LogP contribution is 2.34. The van der Waals surface area contributed by atoms with E-state index in [2.05, 4.69) is 20.7 Å². The number of nitrogens with zero attached hydrogens (tertiary/aromatic N) is 6. The minimum Gasteiger partial charge on any atom is -0.285 e. The van der Waals surface area contributed by atoms with E-state index in [1.165, 1.54) is 10.0 Å². The first-order chi connectivity index (χ1) is 15.8. The molecule has 0 heterocycles. The van der Waals surface area contributed by atoms with Gasteiger partial charge in [0.1, 0.15) is 0 Å². The monoisotopic (exact) mass is 552 g/mol. The SMILES string of the molecule is CN(N=NCCS(=O)(=O)O)c1ccc(-c2ccc(N(C)N=NCCS(=O)(=O)O)c(Cl)c2)cc1Cl. The molecule has 0 radical (unpaired) electrons. The first-order valence-corrected chi connectivity index (χ1v) is 13.5. The van der Waals surface area contributed by atoms with E-state index in [4.69, 9.17) is 32.3 Å². The number of hydrogen-bond donors (Lipinski definition) is 2. The number of anilines is 2. The van der Waals surface area contributed by atoms with Crippen molar-refractivity contribution in [2.24, 2.45) is 20.7 Å². The van der Waals surface area contributed by atoms with Crippen LogP contribution in [0.4, 0.5) is 11.4 Å². The molecule has 2 N–H and O–H groups in total. The van der Waals surface area contributed by atoms with E-state index in [-0.39, 0.29) is 13.1 Å². The standard InChI is InChI=1S/C18H22Cl2N6O6S2/c1-25(23-21-7-9-33(27,28)29)17-5-3-13(11-15(17)19)14-4-6-18(16(20)12-14)26(2)24-22-8-10-34(30,31)32/h3-6,11-12H,7-10H2,1-2H3,(H,27,28,29)(H,30,31,32). The van der Waals surface area contributed by atoms with Gasteiger partial charge in [-0.25, -0.2) is 10.0 Å². The minimum absolute atomic E-state index is 0.196. The molecule has 0 bridgehead atoms. The van der Waals surface area contributed by atoms with Crippen molar-refractivity contribution in [3.8, 4) is 11.1 Å². The molecule has 0 amide bonds. The van der Waals surface area contributed by atoms with Gasteiger partial charge in [-0.15, -0.1) is 0 Å². The number of hydrogen-bond acceptors (Lipinski definition) is 8. The fraction of sp³-hybridized carbons (Fsp3) is 0.333. The van der Waals surface area contributed by atoms with E-state index in [9.17, 15) is 16.8 Å². The summed E-state index contributed by atoms with van der Waals surface area (Å²) in [6, 6.07) is 10.4. The molecule has 0 aliphatic carbocycles. The summed E-state index contributed by atoms with van der Waals surface area (Å²) in [5.41, 5.74) is 2.57. The molecule has 0 aromatic heterocycles. The summed E-state index contributed by atoms with van der Waals surface area (Å²) in [5, 5.41) is 18.6. The minimum atomic E-state index is -4.11. The van der Waals surface area contributed by atoms with Gasteiger partial charge >= 0.3 is 0 Å². The highest BCUT2D eigenvalue weighted by Gasteiger charge is 2.11. The Kier molecular flexibility index (Phi) is 9.73. The molecule has 2 aromatic carbocycles. The lowest BCUT2D eigenvalue weighted by molar-refractivity contribution is 0.480. The molecule has 0 spiro atoms. The maximum absolute atomic E-state index is 10.7. The molecule has 0 saturated heterocycles. The van der Waals surface area contributed by atoms with E-state index < -0.39 is 31.7 Å². The Labute approximate surface area is 207 Å². The molecule has 2 aromatic rings. The van der Waals surface area contributed by atoms with Gasteiger partial charge in [-0.3, -0.25) is 9.11 Å². The Morgan fingerprint density at radius 2 is 1.09 bits per heavy atom. The van der Waals surface area contributed by atoms with Gasteiger partial charge in [-0.1, -0.05) is 45.8 Å². The highest BCUT2D eigenvalue weighted by molar-refractivity contribution is 7.86. The van der Waals surface area contributed by atoms with Gasteiger partial charge in [-0.2, -0.15) is 27.1 Å². The quantitative estimate of drug-likeness (QED) is 0.239. The zero-order valence-electron chi connectivity index (χ0n) is 18.1. The lowest BCUT2D eigenvalue weighted by Crippen LogP contribution is -2.10. The maximum atomic E-state index is 10.7. The Morgan fingerprint density at radius 1 is 0.735 bits per heavy atom. The molecule has 0 saturated carbocycles. The van der Waals surface area contributed by atoms with Gasteiger partial charge < -0.3 is 0 Å². The Balaban J connectivity index is 2.11. The lowest BCUT2D eigenvalue weighted by atomic mass is 10.0. The van der Waals surface area contributed by atoms with Crippen LogP contribution in [-0.2, 0) is 20.2 Å². The van der Waals surface area contributed by atoms with Crippen LogP contribution in [0.25, 0.3) is 11.1 Å². The third kappa shape index (κ3) is 9.12. The predicted octanol–water partition coefficient (Wildman–Crippen LogP) is 4.04. The molecule has 16 heteroatoms. The predicted molar refractivity (Wildman–Crippen MR) is 131 cm³/mol.